The van der Waals surface area contributed by atoms with Crippen LogP contribution in [0.1, 0.15) is 5.56 Å². The molecule has 0 fully saturated rings. The van der Waals surface area contributed by atoms with Gasteiger partial charge in [-0.1, -0.05) is 0 Å². The van der Waals surface area contributed by atoms with Crippen LogP contribution in [0.15, 0.2) is 27.4 Å². The molecule has 6 nitrogen and oxygen atoms in total. The molecule has 0 bridgehead atoms. The van der Waals surface area contributed by atoms with E-state index in [2.05, 4.69) is 0 Å². The first kappa shape index (κ1) is 11.1. The zero-order chi connectivity index (χ0) is 12.6. The number of hydrogen-bond acceptors (Lipinski definition) is 5. The van der Waals surface area contributed by atoms with Crippen LogP contribution in [0.2, 0.25) is 0 Å². The van der Waals surface area contributed by atoms with Crippen molar-refractivity contribution in [2.24, 2.45) is 0 Å². The summed E-state index contributed by atoms with van der Waals surface area (Å²) in [5, 5.41) is 11.3. The number of hydrogen-bond donors (Lipinski definition) is 0. The van der Waals surface area contributed by atoms with Crippen LogP contribution in [0.4, 0.5) is 5.69 Å². The molecular weight excluding hydrogens is 226 g/mol. The molecule has 0 amide bonds. The first-order chi connectivity index (χ1) is 8.02. The standard InChI is InChI=1S/C11H9NO5/c1-6-3-7-4-8(16-2)5-9(12(14)15)10(7)17-11(6)13/h3-5H,1-2H3. The monoisotopic (exact) mass is 235 g/mol. The molecule has 0 aliphatic carbocycles. The highest BCUT2D eigenvalue weighted by Gasteiger charge is 2.18. The van der Waals surface area contributed by atoms with Gasteiger partial charge >= 0.3 is 11.3 Å². The highest BCUT2D eigenvalue weighted by Crippen LogP contribution is 2.30. The van der Waals surface area contributed by atoms with E-state index in [0.29, 0.717) is 16.7 Å². The van der Waals surface area contributed by atoms with E-state index in [0.717, 1.165) is 0 Å². The molecule has 17 heavy (non-hydrogen) atoms. The van der Waals surface area contributed by atoms with Crippen molar-refractivity contribution in [3.05, 3.63) is 44.3 Å². The predicted molar refractivity (Wildman–Crippen MR) is 60.4 cm³/mol. The van der Waals surface area contributed by atoms with Gasteiger partial charge < -0.3 is 9.15 Å². The number of nitro benzene ring substituents is 1. The Bertz CT molecular complexity index is 659. The second-order valence-electron chi connectivity index (χ2n) is 3.54. The van der Waals surface area contributed by atoms with E-state index in [-0.39, 0.29) is 11.3 Å². The minimum absolute atomic E-state index is 0.0357. The van der Waals surface area contributed by atoms with Gasteiger partial charge in [0.2, 0.25) is 5.58 Å². The number of non-ortho nitro benzene ring substituents is 1. The van der Waals surface area contributed by atoms with E-state index >= 15 is 0 Å². The third-order valence-corrected chi connectivity index (χ3v) is 2.39. The third-order valence-electron chi connectivity index (χ3n) is 2.39. The van der Waals surface area contributed by atoms with Gasteiger partial charge in [0.25, 0.3) is 0 Å². The Hall–Kier alpha value is -2.37. The maximum Gasteiger partial charge on any atom is 0.339 e. The molecule has 0 aliphatic heterocycles. The van der Waals surface area contributed by atoms with Crippen LogP contribution < -0.4 is 10.4 Å². The van der Waals surface area contributed by atoms with E-state index < -0.39 is 10.5 Å². The van der Waals surface area contributed by atoms with Crippen molar-refractivity contribution in [1.29, 1.82) is 0 Å². The molecule has 88 valence electrons. The van der Waals surface area contributed by atoms with Gasteiger partial charge in [-0.05, 0) is 19.1 Å². The summed E-state index contributed by atoms with van der Waals surface area (Å²) >= 11 is 0. The smallest absolute Gasteiger partial charge is 0.339 e. The maximum absolute atomic E-state index is 11.3. The van der Waals surface area contributed by atoms with Gasteiger partial charge in [0.05, 0.1) is 18.1 Å². The lowest BCUT2D eigenvalue weighted by molar-refractivity contribution is -0.383. The lowest BCUT2D eigenvalue weighted by Gasteiger charge is -2.03. The van der Waals surface area contributed by atoms with Crippen LogP contribution in [0, 0.1) is 17.0 Å². The highest BCUT2D eigenvalue weighted by atomic mass is 16.6. The molecular formula is C11H9NO5. The fourth-order valence-corrected chi connectivity index (χ4v) is 1.55. The van der Waals surface area contributed by atoms with Crippen molar-refractivity contribution in [1.82, 2.24) is 0 Å². The van der Waals surface area contributed by atoms with Crippen molar-refractivity contribution < 1.29 is 14.1 Å². The van der Waals surface area contributed by atoms with Crippen LogP contribution >= 0.6 is 0 Å². The maximum atomic E-state index is 11.3. The van der Waals surface area contributed by atoms with Gasteiger partial charge in [-0.15, -0.1) is 0 Å². The molecule has 0 saturated carbocycles. The zero-order valence-electron chi connectivity index (χ0n) is 9.22. The third kappa shape index (κ3) is 1.84. The lowest BCUT2D eigenvalue weighted by Crippen LogP contribution is -2.03. The van der Waals surface area contributed by atoms with E-state index in [9.17, 15) is 14.9 Å². The lowest BCUT2D eigenvalue weighted by atomic mass is 10.1. The fraction of sp³-hybridized carbons (Fsp3) is 0.182. The number of methoxy groups -OCH3 is 1. The quantitative estimate of drug-likeness (QED) is 0.451. The molecule has 1 aromatic heterocycles. The highest BCUT2D eigenvalue weighted by molar-refractivity contribution is 5.87. The summed E-state index contributed by atoms with van der Waals surface area (Å²) in [6.45, 7) is 1.58. The van der Waals surface area contributed by atoms with Crippen molar-refractivity contribution in [2.75, 3.05) is 7.11 Å². The normalized spacial score (nSPS) is 10.5. The molecule has 1 aromatic carbocycles. The number of fused-ring (bicyclic) bond motifs is 1. The summed E-state index contributed by atoms with van der Waals surface area (Å²) in [6.07, 6.45) is 0. The molecule has 2 aromatic rings. The summed E-state index contributed by atoms with van der Waals surface area (Å²) in [5.41, 5.74) is -0.506. The summed E-state index contributed by atoms with van der Waals surface area (Å²) in [7, 11) is 1.41. The van der Waals surface area contributed by atoms with Crippen LogP contribution in [-0.2, 0) is 0 Å². The summed E-state index contributed by atoms with van der Waals surface area (Å²) in [5.74, 6) is 0.345. The summed E-state index contributed by atoms with van der Waals surface area (Å²) in [6, 6.07) is 4.34. The van der Waals surface area contributed by atoms with Gasteiger partial charge in [0.1, 0.15) is 5.75 Å². The molecule has 2 rings (SSSR count). The minimum Gasteiger partial charge on any atom is -0.496 e. The second kappa shape index (κ2) is 3.89. The Morgan fingerprint density at radius 1 is 1.35 bits per heavy atom. The van der Waals surface area contributed by atoms with Gasteiger partial charge in [-0.3, -0.25) is 10.1 Å². The number of aryl methyl sites for hydroxylation is 1. The first-order valence-corrected chi connectivity index (χ1v) is 4.80. The Morgan fingerprint density at radius 2 is 2.06 bits per heavy atom. The largest absolute Gasteiger partial charge is 0.496 e. The van der Waals surface area contributed by atoms with Gasteiger partial charge in [-0.25, -0.2) is 4.79 Å². The molecule has 0 spiro atoms. The number of nitrogens with zero attached hydrogens (tertiary/aromatic N) is 1. The SMILES string of the molecule is COc1cc([N+](=O)[O-])c2oc(=O)c(C)cc2c1. The fourth-order valence-electron chi connectivity index (χ4n) is 1.55. The number of benzene rings is 1. The minimum atomic E-state index is -0.608. The number of rotatable bonds is 2. The average molecular weight is 235 g/mol. The summed E-state index contributed by atoms with van der Waals surface area (Å²) in [4.78, 5) is 21.6. The Morgan fingerprint density at radius 3 is 2.65 bits per heavy atom. The molecule has 0 aliphatic rings. The van der Waals surface area contributed by atoms with E-state index in [1.165, 1.54) is 19.2 Å². The van der Waals surface area contributed by atoms with E-state index in [4.69, 9.17) is 9.15 Å². The number of ether oxygens (including phenoxy) is 1. The van der Waals surface area contributed by atoms with Gasteiger partial charge in [0.15, 0.2) is 0 Å². The molecule has 0 saturated heterocycles. The molecule has 0 N–H and O–H groups in total. The Labute approximate surface area is 95.6 Å². The predicted octanol–water partition coefficient (Wildman–Crippen LogP) is 2.02. The second-order valence-corrected chi connectivity index (χ2v) is 3.54. The van der Waals surface area contributed by atoms with Gasteiger partial charge in [0, 0.05) is 10.9 Å². The van der Waals surface area contributed by atoms with Gasteiger partial charge in [-0.2, -0.15) is 0 Å². The molecule has 0 unspecified atom stereocenters. The zero-order valence-corrected chi connectivity index (χ0v) is 9.22. The van der Waals surface area contributed by atoms with Crippen molar-refractivity contribution >= 4 is 16.7 Å². The average Bonchev–Trinajstić information content (AvgIpc) is 2.29. The Balaban J connectivity index is 2.91. The first-order valence-electron chi connectivity index (χ1n) is 4.80. The number of nitro groups is 1. The topological polar surface area (TPSA) is 82.6 Å². The van der Waals surface area contributed by atoms with Crippen molar-refractivity contribution in [3.8, 4) is 5.75 Å². The van der Waals surface area contributed by atoms with E-state index in [1.807, 2.05) is 0 Å². The van der Waals surface area contributed by atoms with E-state index in [1.54, 1.807) is 13.0 Å². The van der Waals surface area contributed by atoms with Crippen molar-refractivity contribution in [3.63, 3.8) is 0 Å². The van der Waals surface area contributed by atoms with Crippen LogP contribution in [0.25, 0.3) is 11.0 Å². The Kier molecular flexibility index (Phi) is 2.55. The van der Waals surface area contributed by atoms with Crippen molar-refractivity contribution in [2.45, 2.75) is 6.92 Å². The summed E-state index contributed by atoms with van der Waals surface area (Å²) < 4.78 is 9.89. The molecule has 1 heterocycles. The van der Waals surface area contributed by atoms with Crippen LogP contribution in [0.5, 0.6) is 5.75 Å². The molecule has 0 atom stereocenters. The van der Waals surface area contributed by atoms with Crippen LogP contribution in [0.3, 0.4) is 0 Å². The molecule has 0 radical (unpaired) electrons. The molecule has 6 heteroatoms. The van der Waals surface area contributed by atoms with Crippen LogP contribution in [-0.4, -0.2) is 12.0 Å².